The van der Waals surface area contributed by atoms with Crippen molar-refractivity contribution >= 4 is 17.7 Å². The van der Waals surface area contributed by atoms with Gasteiger partial charge in [0.25, 0.3) is 0 Å². The van der Waals surface area contributed by atoms with E-state index < -0.39 is 6.04 Å². The smallest absolute Gasteiger partial charge is 0.345 e. The molecule has 2 atom stereocenters. The molecule has 134 valence electrons. The summed E-state index contributed by atoms with van der Waals surface area (Å²) in [5.41, 5.74) is 0.985. The average Bonchev–Trinajstić information content (AvgIpc) is 2.89. The molecule has 3 amide bonds. The number of fused-ring (bicyclic) bond motifs is 2. The molecular weight excluding hydrogens is 322 g/mol. The fourth-order valence-corrected chi connectivity index (χ4v) is 3.22. The van der Waals surface area contributed by atoms with E-state index in [0.717, 1.165) is 5.56 Å². The molecule has 3 rings (SSSR count). The Labute approximate surface area is 146 Å². The zero-order chi connectivity index (χ0) is 17.8. The summed E-state index contributed by atoms with van der Waals surface area (Å²) in [5, 5.41) is 4.04. The van der Waals surface area contributed by atoms with Crippen LogP contribution in [0.3, 0.4) is 0 Å². The number of carbonyl (C=O) groups excluding carboxylic acids is 3. The van der Waals surface area contributed by atoms with Gasteiger partial charge >= 0.3 is 6.03 Å². The number of carbonyl (C=O) groups is 3. The number of hydrogen-bond acceptors (Lipinski definition) is 4. The number of amides is 3. The van der Waals surface area contributed by atoms with Gasteiger partial charge in [-0.25, -0.2) is 4.79 Å². The van der Waals surface area contributed by atoms with Crippen LogP contribution in [0.25, 0.3) is 0 Å². The average molecular weight is 345 g/mol. The Kier molecular flexibility index (Phi) is 5.33. The van der Waals surface area contributed by atoms with E-state index in [1.165, 1.54) is 5.06 Å². The number of hydroxylamine groups is 2. The second-order valence-corrected chi connectivity index (χ2v) is 6.38. The van der Waals surface area contributed by atoms with Gasteiger partial charge in [-0.2, -0.15) is 5.06 Å². The Morgan fingerprint density at radius 3 is 2.72 bits per heavy atom. The molecule has 7 heteroatoms. The number of ketones is 1. The molecule has 0 aromatic heterocycles. The van der Waals surface area contributed by atoms with Crippen LogP contribution in [0, 0.1) is 0 Å². The molecule has 1 N–H and O–H groups in total. The minimum Gasteiger partial charge on any atom is -0.347 e. The first-order valence-electron chi connectivity index (χ1n) is 8.66. The van der Waals surface area contributed by atoms with Gasteiger partial charge in [-0.05, 0) is 18.4 Å². The van der Waals surface area contributed by atoms with Crippen LogP contribution in [0.1, 0.15) is 31.7 Å². The Hall–Kier alpha value is -2.41. The summed E-state index contributed by atoms with van der Waals surface area (Å²) in [7, 11) is 0. The molecule has 1 unspecified atom stereocenters. The standard InChI is InChI=1S/C18H23N3O4/c1-2-15(22)10-19-17(23)16-9-8-14-11-20(16)18(24)21(14)25-12-13-6-4-3-5-7-13/h3-7,14,16H,2,8-12H2,1H3,(H,19,23)/t14-,16?/m1/s1. The monoisotopic (exact) mass is 345 g/mol. The molecule has 2 saturated heterocycles. The number of Topliss-reactive ketones (excluding diaryl/α,β-unsaturated/α-hetero) is 1. The molecule has 2 heterocycles. The van der Waals surface area contributed by atoms with Crippen molar-refractivity contribution in [3.05, 3.63) is 35.9 Å². The molecule has 0 spiro atoms. The van der Waals surface area contributed by atoms with E-state index in [2.05, 4.69) is 5.32 Å². The highest BCUT2D eigenvalue weighted by Crippen LogP contribution is 2.30. The zero-order valence-electron chi connectivity index (χ0n) is 14.3. The van der Waals surface area contributed by atoms with Crippen LogP contribution in [0.4, 0.5) is 4.79 Å². The van der Waals surface area contributed by atoms with Crippen molar-refractivity contribution < 1.29 is 19.2 Å². The highest BCUT2D eigenvalue weighted by atomic mass is 16.7. The summed E-state index contributed by atoms with van der Waals surface area (Å²) in [6.45, 7) is 2.57. The Morgan fingerprint density at radius 1 is 1.24 bits per heavy atom. The molecule has 7 nitrogen and oxygen atoms in total. The Bertz CT molecular complexity index is 649. The predicted molar refractivity (Wildman–Crippen MR) is 90.3 cm³/mol. The fraction of sp³-hybridized carbons (Fsp3) is 0.500. The van der Waals surface area contributed by atoms with Crippen LogP contribution in [-0.4, -0.2) is 52.9 Å². The van der Waals surface area contributed by atoms with Crippen LogP contribution in [0.15, 0.2) is 30.3 Å². The van der Waals surface area contributed by atoms with E-state index in [0.29, 0.717) is 32.4 Å². The molecular formula is C18H23N3O4. The Balaban J connectivity index is 1.58. The van der Waals surface area contributed by atoms with E-state index >= 15 is 0 Å². The second kappa shape index (κ2) is 7.65. The van der Waals surface area contributed by atoms with Crippen LogP contribution in [0.5, 0.6) is 0 Å². The minimum atomic E-state index is -0.529. The summed E-state index contributed by atoms with van der Waals surface area (Å²) in [6.07, 6.45) is 1.67. The van der Waals surface area contributed by atoms with Crippen molar-refractivity contribution in [1.29, 1.82) is 0 Å². The molecule has 1 aromatic rings. The van der Waals surface area contributed by atoms with Gasteiger partial charge in [0.1, 0.15) is 12.6 Å². The van der Waals surface area contributed by atoms with Gasteiger partial charge in [-0.15, -0.1) is 0 Å². The third-order valence-corrected chi connectivity index (χ3v) is 4.69. The van der Waals surface area contributed by atoms with E-state index in [9.17, 15) is 14.4 Å². The third-order valence-electron chi connectivity index (χ3n) is 4.69. The maximum atomic E-state index is 12.6. The van der Waals surface area contributed by atoms with Gasteiger partial charge in [-0.3, -0.25) is 14.4 Å². The number of nitrogens with one attached hydrogen (secondary N) is 1. The lowest BCUT2D eigenvalue weighted by atomic mass is 10.0. The topological polar surface area (TPSA) is 79.0 Å². The summed E-state index contributed by atoms with van der Waals surface area (Å²) in [4.78, 5) is 43.6. The fourth-order valence-electron chi connectivity index (χ4n) is 3.22. The number of rotatable bonds is 7. The summed E-state index contributed by atoms with van der Waals surface area (Å²) in [6, 6.07) is 8.81. The number of benzene rings is 1. The lowest BCUT2D eigenvalue weighted by Crippen LogP contribution is -2.50. The number of nitrogens with zero attached hydrogens (tertiary/aromatic N) is 2. The quantitative estimate of drug-likeness (QED) is 0.812. The van der Waals surface area contributed by atoms with Crippen molar-refractivity contribution in [2.24, 2.45) is 0 Å². The van der Waals surface area contributed by atoms with E-state index in [-0.39, 0.29) is 30.3 Å². The highest BCUT2D eigenvalue weighted by Gasteiger charge is 2.47. The van der Waals surface area contributed by atoms with Gasteiger partial charge in [0, 0.05) is 13.0 Å². The molecule has 2 fully saturated rings. The summed E-state index contributed by atoms with van der Waals surface area (Å²) >= 11 is 0. The lowest BCUT2D eigenvalue weighted by Gasteiger charge is -2.29. The largest absolute Gasteiger partial charge is 0.347 e. The number of hydrogen-bond donors (Lipinski definition) is 1. The van der Waals surface area contributed by atoms with Crippen LogP contribution >= 0.6 is 0 Å². The van der Waals surface area contributed by atoms with Gasteiger partial charge in [0.2, 0.25) is 5.91 Å². The van der Waals surface area contributed by atoms with Gasteiger partial charge in [0.05, 0.1) is 12.6 Å². The first-order chi connectivity index (χ1) is 12.1. The summed E-state index contributed by atoms with van der Waals surface area (Å²) in [5.74, 6) is -0.291. The minimum absolute atomic E-state index is 0.0194. The summed E-state index contributed by atoms with van der Waals surface area (Å²) < 4.78 is 0. The van der Waals surface area contributed by atoms with Gasteiger partial charge in [0.15, 0.2) is 5.78 Å². The van der Waals surface area contributed by atoms with Crippen molar-refractivity contribution in [3.8, 4) is 0 Å². The molecule has 0 saturated carbocycles. The van der Waals surface area contributed by atoms with Gasteiger partial charge in [-0.1, -0.05) is 37.3 Å². The zero-order valence-corrected chi connectivity index (χ0v) is 14.3. The molecule has 25 heavy (non-hydrogen) atoms. The van der Waals surface area contributed by atoms with E-state index in [4.69, 9.17) is 4.84 Å². The second-order valence-electron chi connectivity index (χ2n) is 6.38. The van der Waals surface area contributed by atoms with Crippen molar-refractivity contribution in [2.75, 3.05) is 13.1 Å². The van der Waals surface area contributed by atoms with Gasteiger partial charge < -0.3 is 10.2 Å². The molecule has 2 aliphatic heterocycles. The van der Waals surface area contributed by atoms with E-state index in [1.807, 2.05) is 30.3 Å². The van der Waals surface area contributed by atoms with Crippen molar-refractivity contribution in [3.63, 3.8) is 0 Å². The maximum Gasteiger partial charge on any atom is 0.345 e. The molecule has 0 aliphatic carbocycles. The van der Waals surface area contributed by atoms with E-state index in [1.54, 1.807) is 11.8 Å². The van der Waals surface area contributed by atoms with Crippen molar-refractivity contribution in [2.45, 2.75) is 44.9 Å². The number of piperidine rings is 1. The first kappa shape index (κ1) is 17.4. The SMILES string of the molecule is CCC(=O)CNC(=O)C1CC[C@@H]2CN1C(=O)N2OCc1ccccc1. The number of urea groups is 1. The normalized spacial score (nSPS) is 22.2. The lowest BCUT2D eigenvalue weighted by molar-refractivity contribution is -0.140. The Morgan fingerprint density at radius 2 is 2.00 bits per heavy atom. The maximum absolute atomic E-state index is 12.6. The first-order valence-corrected chi connectivity index (χ1v) is 8.66. The van der Waals surface area contributed by atoms with Crippen LogP contribution < -0.4 is 5.32 Å². The highest BCUT2D eigenvalue weighted by molar-refractivity contribution is 5.91. The third kappa shape index (κ3) is 3.82. The molecule has 0 radical (unpaired) electrons. The molecule has 1 aromatic carbocycles. The molecule has 2 aliphatic rings. The predicted octanol–water partition coefficient (Wildman–Crippen LogP) is 1.48. The van der Waals surface area contributed by atoms with Crippen molar-refractivity contribution in [1.82, 2.24) is 15.3 Å². The van der Waals surface area contributed by atoms with Crippen LogP contribution in [-0.2, 0) is 21.0 Å². The molecule has 2 bridgehead atoms. The van der Waals surface area contributed by atoms with Crippen LogP contribution in [0.2, 0.25) is 0 Å².